The van der Waals surface area contributed by atoms with Crippen LogP contribution in [0.1, 0.15) is 19.8 Å². The van der Waals surface area contributed by atoms with E-state index < -0.39 is 30.4 Å². The molecule has 1 aliphatic heterocycles. The third-order valence-corrected chi connectivity index (χ3v) is 2.21. The lowest BCUT2D eigenvalue weighted by Gasteiger charge is -2.20. The molecule has 0 bridgehead atoms. The molecular weight excluding hydrogens is 200 g/mol. The quantitative estimate of drug-likeness (QED) is 0.370. The molecule has 0 spiro atoms. The molecule has 0 aromatic heterocycles. The van der Waals surface area contributed by atoms with Gasteiger partial charge in [-0.15, -0.1) is 0 Å². The van der Waals surface area contributed by atoms with Gasteiger partial charge in [0.25, 0.3) is 0 Å². The maximum absolute atomic E-state index is 11.2. The van der Waals surface area contributed by atoms with Gasteiger partial charge in [-0.25, -0.2) is 0 Å². The smallest absolute Gasteiger partial charge is 0.308 e. The zero-order valence-electron chi connectivity index (χ0n) is 8.54. The molecule has 5 heteroatoms. The fraction of sp³-hybridized carbons (Fsp3) is 0.700. The molecule has 0 saturated heterocycles. The van der Waals surface area contributed by atoms with Crippen LogP contribution in [0.2, 0.25) is 0 Å². The molecule has 3 N–H and O–H groups in total. The van der Waals surface area contributed by atoms with E-state index in [1.807, 2.05) is 0 Å². The summed E-state index contributed by atoms with van der Waals surface area (Å²) in [5.74, 6) is -0.573. The van der Waals surface area contributed by atoms with Crippen molar-refractivity contribution in [3.05, 3.63) is 12.2 Å². The predicted molar refractivity (Wildman–Crippen MR) is 51.9 cm³/mol. The van der Waals surface area contributed by atoms with Gasteiger partial charge in [0.15, 0.2) is 0 Å². The van der Waals surface area contributed by atoms with E-state index in [2.05, 4.69) is 0 Å². The van der Waals surface area contributed by atoms with Crippen LogP contribution in [0.25, 0.3) is 0 Å². The van der Waals surface area contributed by atoms with Gasteiger partial charge in [0.2, 0.25) is 0 Å². The molecule has 0 aromatic carbocycles. The van der Waals surface area contributed by atoms with Gasteiger partial charge in [-0.3, -0.25) is 4.79 Å². The highest BCUT2D eigenvalue weighted by atomic mass is 16.5. The summed E-state index contributed by atoms with van der Waals surface area (Å²) < 4.78 is 4.91. The highest BCUT2D eigenvalue weighted by Crippen LogP contribution is 2.11. The Morgan fingerprint density at radius 2 is 2.00 bits per heavy atom. The molecule has 15 heavy (non-hydrogen) atoms. The minimum absolute atomic E-state index is 0.244. The molecule has 1 rings (SSSR count). The van der Waals surface area contributed by atoms with E-state index in [1.165, 1.54) is 12.2 Å². The van der Waals surface area contributed by atoms with Crippen molar-refractivity contribution in [3.63, 3.8) is 0 Å². The monoisotopic (exact) mass is 216 g/mol. The van der Waals surface area contributed by atoms with Crippen LogP contribution < -0.4 is 0 Å². The lowest BCUT2D eigenvalue weighted by Crippen LogP contribution is -2.31. The van der Waals surface area contributed by atoms with Crippen molar-refractivity contribution in [2.45, 2.75) is 44.2 Å². The number of carbonyl (C=O) groups excluding carboxylic acids is 1. The first-order chi connectivity index (χ1) is 6.99. The van der Waals surface area contributed by atoms with E-state index in [-0.39, 0.29) is 12.8 Å². The Hall–Kier alpha value is -0.910. The minimum Gasteiger partial charge on any atom is -0.462 e. The second-order valence-electron chi connectivity index (χ2n) is 3.75. The molecule has 4 atom stereocenters. The van der Waals surface area contributed by atoms with Crippen LogP contribution in [-0.2, 0) is 9.53 Å². The fourth-order valence-electron chi connectivity index (χ4n) is 1.40. The molecule has 5 nitrogen and oxygen atoms in total. The summed E-state index contributed by atoms with van der Waals surface area (Å²) in [6.07, 6.45) is -0.805. The number of cyclic esters (lactones) is 1. The second-order valence-corrected chi connectivity index (χ2v) is 3.75. The van der Waals surface area contributed by atoms with E-state index in [0.29, 0.717) is 0 Å². The Morgan fingerprint density at radius 1 is 1.33 bits per heavy atom. The van der Waals surface area contributed by atoms with Gasteiger partial charge in [-0.1, -0.05) is 12.2 Å². The van der Waals surface area contributed by atoms with E-state index in [9.17, 15) is 20.1 Å². The normalized spacial score (nSPS) is 40.7. The number of hydrogen-bond donors (Lipinski definition) is 3. The molecule has 0 aliphatic carbocycles. The Labute approximate surface area is 88.0 Å². The van der Waals surface area contributed by atoms with Crippen LogP contribution in [0.3, 0.4) is 0 Å². The summed E-state index contributed by atoms with van der Waals surface area (Å²) in [5, 5.41) is 28.1. The van der Waals surface area contributed by atoms with Crippen LogP contribution in [-0.4, -0.2) is 45.7 Å². The van der Waals surface area contributed by atoms with Gasteiger partial charge in [-0.2, -0.15) is 0 Å². The first-order valence-corrected chi connectivity index (χ1v) is 4.91. The maximum Gasteiger partial charge on any atom is 0.308 e. The first kappa shape index (κ1) is 12.2. The topological polar surface area (TPSA) is 87.0 Å². The van der Waals surface area contributed by atoms with Crippen LogP contribution in [0, 0.1) is 0 Å². The number of ether oxygens (including phenoxy) is 1. The van der Waals surface area contributed by atoms with Crippen molar-refractivity contribution in [2.75, 3.05) is 0 Å². The fourth-order valence-corrected chi connectivity index (χ4v) is 1.40. The second kappa shape index (κ2) is 5.25. The SMILES string of the molecule is CC1CC(O)/C=C/C(O)C(O)CC(=O)O1. The van der Waals surface area contributed by atoms with E-state index in [0.717, 1.165) is 0 Å². The highest BCUT2D eigenvalue weighted by Gasteiger charge is 2.22. The van der Waals surface area contributed by atoms with Gasteiger partial charge in [0.1, 0.15) is 6.10 Å². The Bertz CT molecular complexity index is 250. The third kappa shape index (κ3) is 3.99. The molecule has 4 unspecified atom stereocenters. The zero-order chi connectivity index (χ0) is 11.4. The summed E-state index contributed by atoms with van der Waals surface area (Å²) in [6, 6.07) is 0. The lowest BCUT2D eigenvalue weighted by molar-refractivity contribution is -0.152. The minimum atomic E-state index is -1.19. The van der Waals surface area contributed by atoms with Gasteiger partial charge in [0.05, 0.1) is 24.7 Å². The first-order valence-electron chi connectivity index (χ1n) is 4.91. The van der Waals surface area contributed by atoms with Crippen molar-refractivity contribution in [1.82, 2.24) is 0 Å². The number of carbonyl (C=O) groups is 1. The van der Waals surface area contributed by atoms with E-state index >= 15 is 0 Å². The maximum atomic E-state index is 11.2. The molecule has 0 fully saturated rings. The molecular formula is C10H16O5. The average Bonchev–Trinajstić information content (AvgIpc) is 2.12. The molecule has 1 heterocycles. The summed E-state index contributed by atoms with van der Waals surface area (Å²) in [5.41, 5.74) is 0. The highest BCUT2D eigenvalue weighted by molar-refractivity contribution is 5.70. The van der Waals surface area contributed by atoms with Crippen molar-refractivity contribution < 1.29 is 24.9 Å². The Kier molecular flexibility index (Phi) is 4.26. The number of aliphatic hydroxyl groups is 3. The van der Waals surface area contributed by atoms with Crippen molar-refractivity contribution >= 4 is 5.97 Å². The molecule has 86 valence electrons. The van der Waals surface area contributed by atoms with Gasteiger partial charge in [0, 0.05) is 6.42 Å². The molecule has 0 radical (unpaired) electrons. The number of aliphatic hydroxyl groups excluding tert-OH is 3. The zero-order valence-corrected chi connectivity index (χ0v) is 8.54. The van der Waals surface area contributed by atoms with Crippen molar-refractivity contribution in [1.29, 1.82) is 0 Å². The van der Waals surface area contributed by atoms with Crippen LogP contribution in [0.15, 0.2) is 12.2 Å². The van der Waals surface area contributed by atoms with Gasteiger partial charge in [-0.05, 0) is 6.92 Å². The molecule has 0 aromatic rings. The predicted octanol–water partition coefficient (Wildman–Crippen LogP) is -0.649. The summed E-state index contributed by atoms with van der Waals surface area (Å²) in [6.45, 7) is 1.67. The van der Waals surface area contributed by atoms with E-state index in [1.54, 1.807) is 6.92 Å². The van der Waals surface area contributed by atoms with Crippen LogP contribution >= 0.6 is 0 Å². The Morgan fingerprint density at radius 3 is 2.67 bits per heavy atom. The van der Waals surface area contributed by atoms with Crippen molar-refractivity contribution in [2.24, 2.45) is 0 Å². The largest absolute Gasteiger partial charge is 0.462 e. The van der Waals surface area contributed by atoms with Crippen LogP contribution in [0.4, 0.5) is 0 Å². The number of esters is 1. The summed E-state index contributed by atoms with van der Waals surface area (Å²) in [4.78, 5) is 11.2. The molecule has 1 aliphatic rings. The summed E-state index contributed by atoms with van der Waals surface area (Å²) in [7, 11) is 0. The van der Waals surface area contributed by atoms with E-state index in [4.69, 9.17) is 4.74 Å². The third-order valence-electron chi connectivity index (χ3n) is 2.21. The lowest BCUT2D eigenvalue weighted by atomic mass is 10.1. The number of hydrogen-bond acceptors (Lipinski definition) is 5. The molecule has 0 amide bonds. The van der Waals surface area contributed by atoms with Crippen LogP contribution in [0.5, 0.6) is 0 Å². The standard InChI is InChI=1S/C10H16O5/c1-6-4-7(11)2-3-8(12)9(13)5-10(14)15-6/h2-3,6-9,11-13H,4-5H2,1H3/b3-2+. The average molecular weight is 216 g/mol. The van der Waals surface area contributed by atoms with Gasteiger partial charge >= 0.3 is 5.97 Å². The summed E-state index contributed by atoms with van der Waals surface area (Å²) >= 11 is 0. The van der Waals surface area contributed by atoms with Gasteiger partial charge < -0.3 is 20.1 Å². The molecule has 0 saturated carbocycles. The van der Waals surface area contributed by atoms with Crippen molar-refractivity contribution in [3.8, 4) is 0 Å². The Balaban J connectivity index is 2.72. The number of rotatable bonds is 0.